The molecule has 0 saturated carbocycles. The number of methoxy groups -OCH3 is 1. The molecule has 0 radical (unpaired) electrons. The van der Waals surface area contributed by atoms with Gasteiger partial charge < -0.3 is 15.0 Å². The Morgan fingerprint density at radius 1 is 1.10 bits per heavy atom. The van der Waals surface area contributed by atoms with Gasteiger partial charge in [-0.2, -0.15) is 0 Å². The van der Waals surface area contributed by atoms with Crippen LogP contribution in [0.1, 0.15) is 26.2 Å². The predicted octanol–water partition coefficient (Wildman–Crippen LogP) is 0.861. The third-order valence-corrected chi connectivity index (χ3v) is 5.53. The highest BCUT2D eigenvalue weighted by atomic mass is 16.5. The van der Waals surface area contributed by atoms with Crippen molar-refractivity contribution in [2.45, 2.75) is 32.2 Å². The summed E-state index contributed by atoms with van der Waals surface area (Å²) in [4.78, 5) is 41.4. The monoisotopic (exact) mass is 402 g/mol. The molecule has 8 heteroatoms. The van der Waals surface area contributed by atoms with Crippen molar-refractivity contribution in [2.75, 3.05) is 51.3 Å². The summed E-state index contributed by atoms with van der Waals surface area (Å²) in [5.41, 5.74) is 1.13. The van der Waals surface area contributed by atoms with Crippen molar-refractivity contribution in [3.05, 3.63) is 24.3 Å². The highest BCUT2D eigenvalue weighted by Gasteiger charge is 2.38. The van der Waals surface area contributed by atoms with Gasteiger partial charge in [0.2, 0.25) is 11.8 Å². The number of carbonyl (C=O) groups is 3. The molecule has 1 N–H and O–H groups in total. The number of ether oxygens (including phenoxy) is 1. The van der Waals surface area contributed by atoms with Gasteiger partial charge in [-0.1, -0.05) is 12.1 Å². The highest BCUT2D eigenvalue weighted by Crippen LogP contribution is 2.28. The number of benzene rings is 1. The summed E-state index contributed by atoms with van der Waals surface area (Å²) in [5, 5.41) is 2.55. The molecule has 2 aliphatic rings. The molecule has 3 rings (SSSR count). The summed E-state index contributed by atoms with van der Waals surface area (Å²) in [7, 11) is 1.70. The van der Waals surface area contributed by atoms with E-state index in [1.807, 2.05) is 18.2 Å². The van der Waals surface area contributed by atoms with Crippen LogP contribution in [0.4, 0.5) is 5.69 Å². The maximum Gasteiger partial charge on any atom is 0.252 e. The number of likely N-dealkylation sites (tertiary alicyclic amines) is 1. The molecule has 1 aromatic rings. The molecule has 8 nitrogen and oxygen atoms in total. The zero-order valence-electron chi connectivity index (χ0n) is 17.2. The van der Waals surface area contributed by atoms with Gasteiger partial charge in [0.1, 0.15) is 11.8 Å². The molecular formula is C21H30N4O4. The quantitative estimate of drug-likeness (QED) is 0.513. The summed E-state index contributed by atoms with van der Waals surface area (Å²) in [6.07, 6.45) is 1.77. The average molecular weight is 402 g/mol. The fourth-order valence-corrected chi connectivity index (χ4v) is 3.98. The lowest BCUT2D eigenvalue weighted by atomic mass is 10.2. The van der Waals surface area contributed by atoms with Gasteiger partial charge in [-0.25, -0.2) is 0 Å². The van der Waals surface area contributed by atoms with Gasteiger partial charge in [0.15, 0.2) is 0 Å². The maximum atomic E-state index is 12.2. The second-order valence-electron chi connectivity index (χ2n) is 7.55. The topological polar surface area (TPSA) is 82.2 Å². The Morgan fingerprint density at radius 2 is 1.79 bits per heavy atom. The normalized spacial score (nSPS) is 20.3. The molecule has 2 heterocycles. The van der Waals surface area contributed by atoms with Gasteiger partial charge in [-0.15, -0.1) is 0 Å². The molecule has 0 bridgehead atoms. The molecule has 0 aliphatic carbocycles. The van der Waals surface area contributed by atoms with E-state index in [-0.39, 0.29) is 24.1 Å². The lowest BCUT2D eigenvalue weighted by Crippen LogP contribution is -2.46. The molecule has 3 amide bonds. The zero-order chi connectivity index (χ0) is 20.8. The number of rotatable bonds is 8. The van der Waals surface area contributed by atoms with E-state index in [4.69, 9.17) is 4.74 Å². The van der Waals surface area contributed by atoms with E-state index < -0.39 is 6.04 Å². The van der Waals surface area contributed by atoms with Gasteiger partial charge in [0.05, 0.1) is 19.2 Å². The lowest BCUT2D eigenvalue weighted by Gasteiger charge is -2.36. The Kier molecular flexibility index (Phi) is 7.09. The molecular weight excluding hydrogens is 372 g/mol. The third-order valence-electron chi connectivity index (χ3n) is 5.53. The van der Waals surface area contributed by atoms with Gasteiger partial charge in [-0.05, 0) is 31.5 Å². The van der Waals surface area contributed by atoms with Crippen molar-refractivity contribution >= 4 is 23.4 Å². The van der Waals surface area contributed by atoms with E-state index in [1.54, 1.807) is 7.11 Å². The first-order chi connectivity index (χ1) is 14.0. The first-order valence-electron chi connectivity index (χ1n) is 10.2. The number of anilines is 1. The van der Waals surface area contributed by atoms with Crippen LogP contribution in [0.2, 0.25) is 0 Å². The summed E-state index contributed by atoms with van der Waals surface area (Å²) in [6.45, 7) is 6.58. The average Bonchev–Trinajstić information content (AvgIpc) is 2.98. The highest BCUT2D eigenvalue weighted by molar-refractivity contribution is 6.06. The minimum Gasteiger partial charge on any atom is -0.495 e. The fourth-order valence-electron chi connectivity index (χ4n) is 3.98. The summed E-state index contributed by atoms with van der Waals surface area (Å²) >= 11 is 0. The van der Waals surface area contributed by atoms with Crippen molar-refractivity contribution in [3.63, 3.8) is 0 Å². The van der Waals surface area contributed by atoms with Crippen LogP contribution in [-0.2, 0) is 14.4 Å². The first kappa shape index (κ1) is 21.1. The first-order valence-corrected chi connectivity index (χ1v) is 10.2. The van der Waals surface area contributed by atoms with Crippen LogP contribution in [0.15, 0.2) is 24.3 Å². The lowest BCUT2D eigenvalue weighted by molar-refractivity contribution is -0.139. The van der Waals surface area contributed by atoms with Crippen molar-refractivity contribution in [3.8, 4) is 5.75 Å². The number of imide groups is 1. The number of para-hydroxylation sites is 2. The SMILES string of the molecule is COc1ccccc1N1CCN(CCCCN2C(=O)C[C@H](NC(C)=O)C2=O)CC1. The molecule has 2 aliphatic heterocycles. The van der Waals surface area contributed by atoms with Crippen molar-refractivity contribution < 1.29 is 19.1 Å². The number of amides is 3. The molecule has 0 spiro atoms. The Balaban J connectivity index is 1.38. The van der Waals surface area contributed by atoms with Crippen LogP contribution < -0.4 is 15.0 Å². The number of hydrogen-bond acceptors (Lipinski definition) is 6. The van der Waals surface area contributed by atoms with E-state index in [1.165, 1.54) is 11.8 Å². The summed E-state index contributed by atoms with van der Waals surface area (Å²) in [6, 6.07) is 7.39. The number of nitrogens with zero attached hydrogens (tertiary/aromatic N) is 3. The molecule has 0 aromatic heterocycles. The van der Waals surface area contributed by atoms with Gasteiger partial charge in [0.25, 0.3) is 5.91 Å². The zero-order valence-corrected chi connectivity index (χ0v) is 17.2. The van der Waals surface area contributed by atoms with E-state index >= 15 is 0 Å². The summed E-state index contributed by atoms with van der Waals surface area (Å²) in [5.74, 6) is 0.138. The smallest absolute Gasteiger partial charge is 0.252 e. The molecule has 29 heavy (non-hydrogen) atoms. The fraction of sp³-hybridized carbons (Fsp3) is 0.571. The molecule has 2 fully saturated rings. The Morgan fingerprint density at radius 3 is 2.48 bits per heavy atom. The molecule has 1 aromatic carbocycles. The minimum absolute atomic E-state index is 0.0727. The maximum absolute atomic E-state index is 12.2. The van der Waals surface area contributed by atoms with Gasteiger partial charge in [-0.3, -0.25) is 24.2 Å². The second kappa shape index (κ2) is 9.73. The van der Waals surface area contributed by atoms with Crippen LogP contribution in [0.3, 0.4) is 0 Å². The van der Waals surface area contributed by atoms with Gasteiger partial charge >= 0.3 is 0 Å². The largest absolute Gasteiger partial charge is 0.495 e. The van der Waals surface area contributed by atoms with E-state index in [0.717, 1.165) is 57.0 Å². The molecule has 2 saturated heterocycles. The third kappa shape index (κ3) is 5.26. The number of unbranched alkanes of at least 4 members (excludes halogenated alkanes) is 1. The Labute approximate surface area is 171 Å². The number of carbonyl (C=O) groups excluding carboxylic acids is 3. The van der Waals surface area contributed by atoms with Gasteiger partial charge in [0, 0.05) is 39.6 Å². The second-order valence-corrected chi connectivity index (χ2v) is 7.55. The van der Waals surface area contributed by atoms with Crippen LogP contribution in [0.5, 0.6) is 5.75 Å². The van der Waals surface area contributed by atoms with Crippen LogP contribution >= 0.6 is 0 Å². The van der Waals surface area contributed by atoms with Crippen molar-refractivity contribution in [1.82, 2.24) is 15.1 Å². The number of hydrogen-bond donors (Lipinski definition) is 1. The Hall–Kier alpha value is -2.61. The summed E-state index contributed by atoms with van der Waals surface area (Å²) < 4.78 is 5.46. The van der Waals surface area contributed by atoms with E-state index in [2.05, 4.69) is 21.2 Å². The van der Waals surface area contributed by atoms with Crippen molar-refractivity contribution in [2.24, 2.45) is 0 Å². The number of nitrogens with one attached hydrogen (secondary N) is 1. The van der Waals surface area contributed by atoms with Crippen LogP contribution in [-0.4, -0.2) is 79.9 Å². The van der Waals surface area contributed by atoms with Crippen LogP contribution in [0, 0.1) is 0 Å². The van der Waals surface area contributed by atoms with E-state index in [9.17, 15) is 14.4 Å². The molecule has 158 valence electrons. The van der Waals surface area contributed by atoms with Crippen molar-refractivity contribution in [1.29, 1.82) is 0 Å². The Bertz CT molecular complexity index is 746. The van der Waals surface area contributed by atoms with E-state index in [0.29, 0.717) is 6.54 Å². The number of piperazine rings is 1. The standard InChI is InChI=1S/C21H30N4O4/c1-16(26)22-17-15-20(27)25(21(17)28)10-6-5-9-23-11-13-24(14-12-23)18-7-3-4-8-19(18)29-2/h3-4,7-8,17H,5-6,9-15H2,1-2H3,(H,22,26)/t17-/m0/s1. The van der Waals surface area contributed by atoms with Crippen LogP contribution in [0.25, 0.3) is 0 Å². The predicted molar refractivity (Wildman–Crippen MR) is 110 cm³/mol. The molecule has 0 unspecified atom stereocenters. The molecule has 1 atom stereocenters. The minimum atomic E-state index is -0.692.